The van der Waals surface area contributed by atoms with Gasteiger partial charge < -0.3 is 4.74 Å². The standard InChI is InChI=1S/C13H18O2S/c1-5-15-12(14)13(3,4)16-11-8-6-7-10(2)9-11/h6-9H,5H2,1-4H3. The van der Waals surface area contributed by atoms with E-state index in [2.05, 4.69) is 6.07 Å². The van der Waals surface area contributed by atoms with Gasteiger partial charge in [0.2, 0.25) is 0 Å². The summed E-state index contributed by atoms with van der Waals surface area (Å²) >= 11 is 1.53. The van der Waals surface area contributed by atoms with E-state index in [1.165, 1.54) is 17.3 Å². The monoisotopic (exact) mass is 238 g/mol. The van der Waals surface area contributed by atoms with Crippen molar-refractivity contribution in [2.75, 3.05) is 6.61 Å². The van der Waals surface area contributed by atoms with Crippen LogP contribution in [0.2, 0.25) is 0 Å². The van der Waals surface area contributed by atoms with Gasteiger partial charge in [0.25, 0.3) is 0 Å². The lowest BCUT2D eigenvalue weighted by atomic mass is 10.2. The van der Waals surface area contributed by atoms with Crippen molar-refractivity contribution in [1.82, 2.24) is 0 Å². The number of aryl methyl sites for hydroxylation is 1. The van der Waals surface area contributed by atoms with Gasteiger partial charge >= 0.3 is 5.97 Å². The molecule has 0 N–H and O–H groups in total. The van der Waals surface area contributed by atoms with Gasteiger partial charge in [0.1, 0.15) is 4.75 Å². The molecule has 0 unspecified atom stereocenters. The lowest BCUT2D eigenvalue weighted by molar-refractivity contribution is -0.145. The average Bonchev–Trinajstić information content (AvgIpc) is 2.17. The van der Waals surface area contributed by atoms with E-state index in [1.807, 2.05) is 45.9 Å². The fraction of sp³-hybridized carbons (Fsp3) is 0.462. The highest BCUT2D eigenvalue weighted by Gasteiger charge is 2.30. The van der Waals surface area contributed by atoms with Crippen molar-refractivity contribution in [2.45, 2.75) is 37.3 Å². The number of rotatable bonds is 4. The van der Waals surface area contributed by atoms with Gasteiger partial charge in [0, 0.05) is 4.90 Å². The SMILES string of the molecule is CCOC(=O)C(C)(C)Sc1cccc(C)c1. The lowest BCUT2D eigenvalue weighted by Crippen LogP contribution is -2.29. The first-order valence-corrected chi connectivity index (χ1v) is 6.20. The summed E-state index contributed by atoms with van der Waals surface area (Å²) in [6, 6.07) is 8.13. The molecule has 1 aromatic rings. The molecule has 0 spiro atoms. The summed E-state index contributed by atoms with van der Waals surface area (Å²) < 4.78 is 4.51. The van der Waals surface area contributed by atoms with E-state index >= 15 is 0 Å². The topological polar surface area (TPSA) is 26.3 Å². The number of esters is 1. The number of benzene rings is 1. The van der Waals surface area contributed by atoms with Gasteiger partial charge in [-0.15, -0.1) is 11.8 Å². The Morgan fingerprint density at radius 1 is 1.44 bits per heavy atom. The number of ether oxygens (including phenoxy) is 1. The van der Waals surface area contributed by atoms with E-state index in [1.54, 1.807) is 0 Å². The van der Waals surface area contributed by atoms with E-state index in [9.17, 15) is 4.79 Å². The highest BCUT2D eigenvalue weighted by molar-refractivity contribution is 8.01. The van der Waals surface area contributed by atoms with Gasteiger partial charge in [-0.3, -0.25) is 4.79 Å². The van der Waals surface area contributed by atoms with Crippen molar-refractivity contribution >= 4 is 17.7 Å². The molecule has 0 aliphatic carbocycles. The molecule has 0 aromatic heterocycles. The largest absolute Gasteiger partial charge is 0.465 e. The smallest absolute Gasteiger partial charge is 0.321 e. The molecule has 0 saturated carbocycles. The Morgan fingerprint density at radius 2 is 2.12 bits per heavy atom. The summed E-state index contributed by atoms with van der Waals surface area (Å²) in [4.78, 5) is 12.8. The molecule has 0 heterocycles. The quantitative estimate of drug-likeness (QED) is 0.594. The van der Waals surface area contributed by atoms with Crippen molar-refractivity contribution in [3.8, 4) is 0 Å². The Hall–Kier alpha value is -0.960. The van der Waals surface area contributed by atoms with Crippen LogP contribution in [0.1, 0.15) is 26.3 Å². The van der Waals surface area contributed by atoms with E-state index in [-0.39, 0.29) is 5.97 Å². The van der Waals surface area contributed by atoms with Gasteiger partial charge in [-0.05, 0) is 39.8 Å². The Kier molecular flexibility index (Phi) is 4.42. The third-order valence-electron chi connectivity index (χ3n) is 2.13. The maximum absolute atomic E-state index is 11.7. The zero-order chi connectivity index (χ0) is 12.2. The first kappa shape index (κ1) is 13.1. The molecule has 0 radical (unpaired) electrons. The molecular formula is C13H18O2S. The van der Waals surface area contributed by atoms with Crippen molar-refractivity contribution in [3.63, 3.8) is 0 Å². The van der Waals surface area contributed by atoms with E-state index in [0.717, 1.165) is 4.90 Å². The summed E-state index contributed by atoms with van der Waals surface area (Å²) in [5, 5.41) is 0. The summed E-state index contributed by atoms with van der Waals surface area (Å²) in [6.45, 7) is 8.07. The first-order chi connectivity index (χ1) is 7.45. The van der Waals surface area contributed by atoms with Gasteiger partial charge in [-0.2, -0.15) is 0 Å². The second-order valence-electron chi connectivity index (χ2n) is 4.15. The highest BCUT2D eigenvalue weighted by atomic mass is 32.2. The lowest BCUT2D eigenvalue weighted by Gasteiger charge is -2.21. The molecule has 3 heteroatoms. The fourth-order valence-corrected chi connectivity index (χ4v) is 2.44. The molecule has 1 rings (SSSR count). The number of hydrogen-bond acceptors (Lipinski definition) is 3. The maximum atomic E-state index is 11.7. The minimum absolute atomic E-state index is 0.165. The molecule has 16 heavy (non-hydrogen) atoms. The van der Waals surface area contributed by atoms with Crippen LogP contribution in [0.15, 0.2) is 29.2 Å². The maximum Gasteiger partial charge on any atom is 0.321 e. The van der Waals surface area contributed by atoms with E-state index < -0.39 is 4.75 Å². The zero-order valence-corrected chi connectivity index (χ0v) is 11.1. The average molecular weight is 238 g/mol. The van der Waals surface area contributed by atoms with Crippen molar-refractivity contribution in [3.05, 3.63) is 29.8 Å². The molecule has 0 aliphatic heterocycles. The number of thioether (sulfide) groups is 1. The van der Waals surface area contributed by atoms with Gasteiger partial charge in [-0.25, -0.2) is 0 Å². The fourth-order valence-electron chi connectivity index (χ4n) is 1.32. The third-order valence-corrected chi connectivity index (χ3v) is 3.30. The Morgan fingerprint density at radius 3 is 2.69 bits per heavy atom. The number of hydrogen-bond donors (Lipinski definition) is 0. The predicted molar refractivity (Wildman–Crippen MR) is 67.7 cm³/mol. The molecule has 0 saturated heterocycles. The van der Waals surface area contributed by atoms with Crippen LogP contribution in [0, 0.1) is 6.92 Å². The minimum atomic E-state index is -0.538. The van der Waals surface area contributed by atoms with Crippen LogP contribution in [0.4, 0.5) is 0 Å². The van der Waals surface area contributed by atoms with Crippen LogP contribution >= 0.6 is 11.8 Å². The van der Waals surface area contributed by atoms with Crippen LogP contribution in [0.25, 0.3) is 0 Å². The molecule has 1 aromatic carbocycles. The van der Waals surface area contributed by atoms with Crippen LogP contribution < -0.4 is 0 Å². The summed E-state index contributed by atoms with van der Waals surface area (Å²) in [5.74, 6) is -0.165. The number of carbonyl (C=O) groups excluding carboxylic acids is 1. The first-order valence-electron chi connectivity index (χ1n) is 5.38. The molecular weight excluding hydrogens is 220 g/mol. The number of carbonyl (C=O) groups is 1. The van der Waals surface area contributed by atoms with Gasteiger partial charge in [-0.1, -0.05) is 17.7 Å². The molecule has 0 bridgehead atoms. The van der Waals surface area contributed by atoms with Crippen molar-refractivity contribution in [1.29, 1.82) is 0 Å². The van der Waals surface area contributed by atoms with Crippen LogP contribution in [0.5, 0.6) is 0 Å². The normalized spacial score (nSPS) is 11.2. The molecule has 0 atom stereocenters. The predicted octanol–water partition coefficient (Wildman–Crippen LogP) is 3.43. The second kappa shape index (κ2) is 5.39. The van der Waals surface area contributed by atoms with Gasteiger partial charge in [0.15, 0.2) is 0 Å². The molecule has 2 nitrogen and oxygen atoms in total. The third kappa shape index (κ3) is 3.56. The van der Waals surface area contributed by atoms with Crippen LogP contribution in [-0.4, -0.2) is 17.3 Å². The Bertz CT molecular complexity index is 372. The summed E-state index contributed by atoms with van der Waals surface area (Å²) in [6.07, 6.45) is 0. The Balaban J connectivity index is 2.75. The molecule has 0 fully saturated rings. The van der Waals surface area contributed by atoms with E-state index in [0.29, 0.717) is 6.61 Å². The van der Waals surface area contributed by atoms with Crippen LogP contribution in [-0.2, 0) is 9.53 Å². The van der Waals surface area contributed by atoms with Crippen LogP contribution in [0.3, 0.4) is 0 Å². The molecule has 0 aliphatic rings. The van der Waals surface area contributed by atoms with Crippen molar-refractivity contribution < 1.29 is 9.53 Å². The highest BCUT2D eigenvalue weighted by Crippen LogP contribution is 2.33. The van der Waals surface area contributed by atoms with E-state index in [4.69, 9.17) is 4.74 Å². The second-order valence-corrected chi connectivity index (χ2v) is 5.85. The van der Waals surface area contributed by atoms with Gasteiger partial charge in [0.05, 0.1) is 6.61 Å². The summed E-state index contributed by atoms with van der Waals surface area (Å²) in [5.41, 5.74) is 1.20. The zero-order valence-electron chi connectivity index (χ0n) is 10.2. The Labute approximate surface area is 101 Å². The summed E-state index contributed by atoms with van der Waals surface area (Å²) in [7, 11) is 0. The molecule has 88 valence electrons. The molecule has 0 amide bonds. The minimum Gasteiger partial charge on any atom is -0.465 e. The van der Waals surface area contributed by atoms with Crippen molar-refractivity contribution in [2.24, 2.45) is 0 Å².